The van der Waals surface area contributed by atoms with Crippen molar-refractivity contribution in [3.63, 3.8) is 0 Å². The molecule has 1 aromatic carbocycles. The molecule has 0 saturated carbocycles. The Morgan fingerprint density at radius 2 is 2.00 bits per heavy atom. The van der Waals surface area contributed by atoms with Gasteiger partial charge in [-0.2, -0.15) is 0 Å². The minimum Gasteiger partial charge on any atom is -0.456 e. The van der Waals surface area contributed by atoms with Gasteiger partial charge >= 0.3 is 5.97 Å². The van der Waals surface area contributed by atoms with Crippen LogP contribution in [-0.4, -0.2) is 24.7 Å². The number of esters is 1. The van der Waals surface area contributed by atoms with Gasteiger partial charge in [-0.1, -0.05) is 12.1 Å². The number of hydrogen-bond acceptors (Lipinski definition) is 4. The lowest BCUT2D eigenvalue weighted by Gasteiger charge is -2.26. The van der Waals surface area contributed by atoms with Crippen LogP contribution < -0.4 is 11.1 Å². The van der Waals surface area contributed by atoms with Gasteiger partial charge in [0.15, 0.2) is 0 Å². The van der Waals surface area contributed by atoms with E-state index in [4.69, 9.17) is 10.5 Å². The van der Waals surface area contributed by atoms with Gasteiger partial charge in [0.2, 0.25) is 0 Å². The molecular weight excluding hydrogens is 264 g/mol. The van der Waals surface area contributed by atoms with Crippen LogP contribution >= 0.6 is 0 Å². The molecule has 3 N–H and O–H groups in total. The monoisotopic (exact) mass is 290 g/mol. The van der Waals surface area contributed by atoms with E-state index in [1.807, 2.05) is 32.9 Å². The summed E-state index contributed by atoms with van der Waals surface area (Å²) in [6.07, 6.45) is 2.09. The first kappa shape index (κ1) is 16.0. The summed E-state index contributed by atoms with van der Waals surface area (Å²) in [4.78, 5) is 12.5. The molecule has 0 radical (unpaired) electrons. The Hall–Kier alpha value is -1.39. The summed E-state index contributed by atoms with van der Waals surface area (Å²) in [6, 6.07) is 5.87. The number of rotatable bonds is 3. The molecular formula is C17H26N2O2. The standard InChI is InChI=1S/C17H26N2O2/c1-17(2,3)21-16(20)14-5-4-12(11-18)10-15(14)13-6-8-19-9-7-13/h4-5,10,13,19H,6-9,11,18H2,1-3H3. The molecule has 4 heteroatoms. The van der Waals surface area contributed by atoms with Gasteiger partial charge < -0.3 is 15.8 Å². The summed E-state index contributed by atoms with van der Waals surface area (Å²) in [6.45, 7) is 8.15. The largest absolute Gasteiger partial charge is 0.456 e. The van der Waals surface area contributed by atoms with Crippen molar-refractivity contribution in [1.29, 1.82) is 0 Å². The summed E-state index contributed by atoms with van der Waals surface area (Å²) in [5, 5.41) is 3.36. The van der Waals surface area contributed by atoms with Crippen molar-refractivity contribution in [3.8, 4) is 0 Å². The van der Waals surface area contributed by atoms with E-state index in [1.54, 1.807) is 0 Å². The number of benzene rings is 1. The molecule has 1 aliphatic rings. The average Bonchev–Trinajstić information content (AvgIpc) is 2.45. The zero-order valence-electron chi connectivity index (χ0n) is 13.2. The van der Waals surface area contributed by atoms with Crippen LogP contribution in [0.4, 0.5) is 0 Å². The molecule has 116 valence electrons. The highest BCUT2D eigenvalue weighted by Crippen LogP contribution is 2.30. The third kappa shape index (κ3) is 4.29. The van der Waals surface area contributed by atoms with Gasteiger partial charge in [-0.05, 0) is 69.8 Å². The Kier molecular flexibility index (Phi) is 5.01. The molecule has 0 aromatic heterocycles. The quantitative estimate of drug-likeness (QED) is 0.840. The second kappa shape index (κ2) is 6.58. The van der Waals surface area contributed by atoms with Gasteiger partial charge in [-0.3, -0.25) is 0 Å². The first-order valence-electron chi connectivity index (χ1n) is 7.67. The molecule has 0 atom stereocenters. The fourth-order valence-electron chi connectivity index (χ4n) is 2.73. The van der Waals surface area contributed by atoms with Crippen molar-refractivity contribution >= 4 is 5.97 Å². The van der Waals surface area contributed by atoms with Crippen LogP contribution in [-0.2, 0) is 11.3 Å². The number of carbonyl (C=O) groups is 1. The summed E-state index contributed by atoms with van der Waals surface area (Å²) in [5.41, 5.74) is 8.12. The predicted molar refractivity (Wildman–Crippen MR) is 84.3 cm³/mol. The number of nitrogens with one attached hydrogen (secondary N) is 1. The zero-order chi connectivity index (χ0) is 15.5. The number of ether oxygens (including phenoxy) is 1. The van der Waals surface area contributed by atoms with Crippen LogP contribution in [0.5, 0.6) is 0 Å². The lowest BCUT2D eigenvalue weighted by molar-refractivity contribution is 0.00676. The van der Waals surface area contributed by atoms with Gasteiger partial charge in [0.05, 0.1) is 5.56 Å². The van der Waals surface area contributed by atoms with Crippen molar-refractivity contribution in [1.82, 2.24) is 5.32 Å². The highest BCUT2D eigenvalue weighted by molar-refractivity contribution is 5.91. The molecule has 1 saturated heterocycles. The van der Waals surface area contributed by atoms with E-state index in [0.29, 0.717) is 18.0 Å². The summed E-state index contributed by atoms with van der Waals surface area (Å²) >= 11 is 0. The van der Waals surface area contributed by atoms with Gasteiger partial charge in [0.25, 0.3) is 0 Å². The molecule has 21 heavy (non-hydrogen) atoms. The molecule has 0 aliphatic carbocycles. The maximum atomic E-state index is 12.5. The summed E-state index contributed by atoms with van der Waals surface area (Å²) in [5.74, 6) is 0.167. The summed E-state index contributed by atoms with van der Waals surface area (Å²) in [7, 11) is 0. The van der Waals surface area contributed by atoms with E-state index >= 15 is 0 Å². The van der Waals surface area contributed by atoms with E-state index in [1.165, 1.54) is 0 Å². The van der Waals surface area contributed by atoms with E-state index < -0.39 is 5.60 Å². The Labute approximate surface area is 127 Å². The lowest BCUT2D eigenvalue weighted by atomic mass is 9.86. The van der Waals surface area contributed by atoms with Gasteiger partial charge in [-0.25, -0.2) is 4.79 Å². The molecule has 0 amide bonds. The van der Waals surface area contributed by atoms with Crippen LogP contribution in [0.1, 0.15) is 61.0 Å². The topological polar surface area (TPSA) is 64.3 Å². The molecule has 0 unspecified atom stereocenters. The molecule has 1 heterocycles. The molecule has 2 rings (SSSR count). The van der Waals surface area contributed by atoms with Crippen molar-refractivity contribution in [2.75, 3.05) is 13.1 Å². The maximum Gasteiger partial charge on any atom is 0.338 e. The van der Waals surface area contributed by atoms with Crippen molar-refractivity contribution in [3.05, 3.63) is 34.9 Å². The van der Waals surface area contributed by atoms with Crippen LogP contribution in [0.15, 0.2) is 18.2 Å². The normalized spacial score (nSPS) is 16.8. The molecule has 0 bridgehead atoms. The number of carbonyl (C=O) groups excluding carboxylic acids is 1. The molecule has 0 spiro atoms. The highest BCUT2D eigenvalue weighted by atomic mass is 16.6. The maximum absolute atomic E-state index is 12.5. The van der Waals surface area contributed by atoms with Gasteiger partial charge in [0.1, 0.15) is 5.60 Å². The van der Waals surface area contributed by atoms with Gasteiger partial charge in [0, 0.05) is 6.54 Å². The molecule has 1 fully saturated rings. The van der Waals surface area contributed by atoms with Crippen LogP contribution in [0, 0.1) is 0 Å². The lowest BCUT2D eigenvalue weighted by Crippen LogP contribution is -2.29. The van der Waals surface area contributed by atoms with E-state index in [0.717, 1.165) is 37.1 Å². The highest BCUT2D eigenvalue weighted by Gasteiger charge is 2.25. The van der Waals surface area contributed by atoms with Crippen LogP contribution in [0.2, 0.25) is 0 Å². The third-order valence-electron chi connectivity index (χ3n) is 3.75. The fourth-order valence-corrected chi connectivity index (χ4v) is 2.73. The first-order valence-corrected chi connectivity index (χ1v) is 7.67. The molecule has 1 aliphatic heterocycles. The number of nitrogens with two attached hydrogens (primary N) is 1. The van der Waals surface area contributed by atoms with E-state index in [-0.39, 0.29) is 5.97 Å². The second-order valence-corrected chi connectivity index (χ2v) is 6.65. The zero-order valence-corrected chi connectivity index (χ0v) is 13.2. The predicted octanol–water partition coefficient (Wildman–Crippen LogP) is 2.57. The SMILES string of the molecule is CC(C)(C)OC(=O)c1ccc(CN)cc1C1CCNCC1. The van der Waals surface area contributed by atoms with E-state index in [9.17, 15) is 4.79 Å². The van der Waals surface area contributed by atoms with Crippen molar-refractivity contribution in [2.45, 2.75) is 51.7 Å². The van der Waals surface area contributed by atoms with Crippen LogP contribution in [0.25, 0.3) is 0 Å². The smallest absolute Gasteiger partial charge is 0.338 e. The summed E-state index contributed by atoms with van der Waals surface area (Å²) < 4.78 is 5.54. The number of hydrogen-bond donors (Lipinski definition) is 2. The fraction of sp³-hybridized carbons (Fsp3) is 0.588. The Balaban J connectivity index is 2.32. The second-order valence-electron chi connectivity index (χ2n) is 6.65. The number of piperidine rings is 1. The van der Waals surface area contributed by atoms with Crippen LogP contribution in [0.3, 0.4) is 0 Å². The minimum atomic E-state index is -0.477. The Bertz CT molecular complexity index is 500. The Morgan fingerprint density at radius 3 is 2.57 bits per heavy atom. The Morgan fingerprint density at radius 1 is 1.33 bits per heavy atom. The minimum absolute atomic E-state index is 0.236. The van der Waals surface area contributed by atoms with E-state index in [2.05, 4.69) is 11.4 Å². The van der Waals surface area contributed by atoms with Gasteiger partial charge in [-0.15, -0.1) is 0 Å². The molecule has 4 nitrogen and oxygen atoms in total. The molecule has 1 aromatic rings. The third-order valence-corrected chi connectivity index (χ3v) is 3.75. The van der Waals surface area contributed by atoms with Crippen molar-refractivity contribution in [2.24, 2.45) is 5.73 Å². The average molecular weight is 290 g/mol. The first-order chi connectivity index (χ1) is 9.90. The van der Waals surface area contributed by atoms with Crippen molar-refractivity contribution < 1.29 is 9.53 Å².